The number of rotatable bonds is 3. The van der Waals surface area contributed by atoms with Crippen LogP contribution < -0.4 is 15.4 Å². The molecular formula is C19H20Cl2N2O3S. The summed E-state index contributed by atoms with van der Waals surface area (Å²) in [4.78, 5) is 14.1. The number of phenols is 1. The Labute approximate surface area is 171 Å². The standard InChI is InChI=1S/C19H20Cl2N2O3S/c1-3-26-11-7-10(20)15(21)14(16(11)24)17-22-18(25)13-9-5-4-8(2)6-12(9)27-19(13)23-17/h7-8,17,23-24H,3-6H2,1-2H3,(H,22,25)/t8-,17-/m1/s1. The van der Waals surface area contributed by atoms with Crippen molar-refractivity contribution in [1.29, 1.82) is 0 Å². The molecule has 0 fully saturated rings. The first-order valence-electron chi connectivity index (χ1n) is 8.96. The largest absolute Gasteiger partial charge is 0.504 e. The van der Waals surface area contributed by atoms with Crippen LogP contribution in [0.2, 0.25) is 10.0 Å². The van der Waals surface area contributed by atoms with E-state index >= 15 is 0 Å². The monoisotopic (exact) mass is 426 g/mol. The number of phenolic OH excluding ortho intramolecular Hbond substituents is 1. The van der Waals surface area contributed by atoms with Crippen LogP contribution in [0.25, 0.3) is 0 Å². The van der Waals surface area contributed by atoms with E-state index in [1.165, 1.54) is 10.9 Å². The number of thiophene rings is 1. The lowest BCUT2D eigenvalue weighted by atomic mass is 9.88. The molecule has 0 spiro atoms. The summed E-state index contributed by atoms with van der Waals surface area (Å²) in [5.74, 6) is 0.580. The van der Waals surface area contributed by atoms with E-state index in [-0.39, 0.29) is 27.5 Å². The van der Waals surface area contributed by atoms with E-state index in [0.29, 0.717) is 18.1 Å². The normalized spacial score (nSPS) is 21.1. The van der Waals surface area contributed by atoms with Crippen LogP contribution in [-0.2, 0) is 12.8 Å². The van der Waals surface area contributed by atoms with Crippen molar-refractivity contribution in [3.8, 4) is 11.5 Å². The number of benzene rings is 1. The van der Waals surface area contributed by atoms with Crippen molar-refractivity contribution in [2.24, 2.45) is 5.92 Å². The highest BCUT2D eigenvalue weighted by atomic mass is 35.5. The van der Waals surface area contributed by atoms with Gasteiger partial charge in [0, 0.05) is 10.9 Å². The van der Waals surface area contributed by atoms with Gasteiger partial charge in [-0.3, -0.25) is 4.79 Å². The molecule has 4 rings (SSSR count). The Morgan fingerprint density at radius 1 is 1.37 bits per heavy atom. The number of carbonyl (C=O) groups is 1. The average Bonchev–Trinajstić information content (AvgIpc) is 2.97. The Morgan fingerprint density at radius 3 is 2.89 bits per heavy atom. The molecule has 2 aliphatic rings. The van der Waals surface area contributed by atoms with Crippen LogP contribution in [-0.4, -0.2) is 17.6 Å². The first-order chi connectivity index (χ1) is 12.9. The van der Waals surface area contributed by atoms with Crippen LogP contribution in [0.1, 0.15) is 52.8 Å². The molecule has 3 N–H and O–H groups in total. The zero-order chi connectivity index (χ0) is 19.3. The first kappa shape index (κ1) is 18.7. The van der Waals surface area contributed by atoms with Gasteiger partial charge in [0.05, 0.1) is 27.8 Å². The lowest BCUT2D eigenvalue weighted by molar-refractivity contribution is 0.0934. The highest BCUT2D eigenvalue weighted by molar-refractivity contribution is 7.16. The Bertz CT molecular complexity index is 928. The Hall–Kier alpha value is -1.63. The number of ether oxygens (including phenoxy) is 1. The Kier molecular flexibility index (Phi) is 4.91. The number of anilines is 1. The number of fused-ring (bicyclic) bond motifs is 3. The van der Waals surface area contributed by atoms with E-state index in [4.69, 9.17) is 27.9 Å². The summed E-state index contributed by atoms with van der Waals surface area (Å²) in [6, 6.07) is 1.48. The highest BCUT2D eigenvalue weighted by Gasteiger charge is 2.35. The van der Waals surface area contributed by atoms with Gasteiger partial charge in [-0.1, -0.05) is 30.1 Å². The average molecular weight is 427 g/mol. The Balaban J connectivity index is 1.76. The van der Waals surface area contributed by atoms with Gasteiger partial charge in [0.15, 0.2) is 11.5 Å². The number of hydrogen-bond donors (Lipinski definition) is 3. The molecule has 0 unspecified atom stereocenters. The summed E-state index contributed by atoms with van der Waals surface area (Å²) in [5.41, 5.74) is 2.18. The molecule has 2 heterocycles. The van der Waals surface area contributed by atoms with Gasteiger partial charge in [-0.2, -0.15) is 0 Å². The highest BCUT2D eigenvalue weighted by Crippen LogP contribution is 2.47. The summed E-state index contributed by atoms with van der Waals surface area (Å²) in [6.45, 7) is 4.41. The minimum Gasteiger partial charge on any atom is -0.504 e. The second-order valence-electron chi connectivity index (χ2n) is 6.97. The van der Waals surface area contributed by atoms with Crippen molar-refractivity contribution in [3.63, 3.8) is 0 Å². The van der Waals surface area contributed by atoms with Crippen LogP contribution in [0.15, 0.2) is 6.07 Å². The third-order valence-corrected chi connectivity index (χ3v) is 7.06. The zero-order valence-corrected chi connectivity index (χ0v) is 17.3. The van der Waals surface area contributed by atoms with Crippen molar-refractivity contribution < 1.29 is 14.6 Å². The molecule has 0 radical (unpaired) electrons. The molecule has 1 aliphatic heterocycles. The van der Waals surface area contributed by atoms with Gasteiger partial charge >= 0.3 is 0 Å². The zero-order valence-electron chi connectivity index (χ0n) is 15.0. The van der Waals surface area contributed by atoms with Gasteiger partial charge in [0.2, 0.25) is 0 Å². The third-order valence-electron chi connectivity index (χ3n) is 5.07. The molecule has 1 amide bonds. The van der Waals surface area contributed by atoms with E-state index in [9.17, 15) is 9.90 Å². The number of hydrogen-bond acceptors (Lipinski definition) is 5. The molecule has 144 valence electrons. The Morgan fingerprint density at radius 2 is 2.15 bits per heavy atom. The lowest BCUT2D eigenvalue weighted by Crippen LogP contribution is -2.38. The number of carbonyl (C=O) groups excluding carboxylic acids is 1. The summed E-state index contributed by atoms with van der Waals surface area (Å²) in [7, 11) is 0. The van der Waals surface area contributed by atoms with Crippen molar-refractivity contribution in [2.75, 3.05) is 11.9 Å². The molecule has 0 saturated carbocycles. The number of halogens is 2. The molecule has 0 bridgehead atoms. The second kappa shape index (κ2) is 7.08. The molecule has 1 aromatic heterocycles. The third kappa shape index (κ3) is 3.13. The van der Waals surface area contributed by atoms with E-state index in [2.05, 4.69) is 17.6 Å². The fourth-order valence-corrected chi connectivity index (χ4v) is 5.64. The maximum absolute atomic E-state index is 12.9. The van der Waals surface area contributed by atoms with Gasteiger partial charge in [-0.25, -0.2) is 0 Å². The number of amides is 1. The fourth-order valence-electron chi connectivity index (χ4n) is 3.75. The van der Waals surface area contributed by atoms with Crippen molar-refractivity contribution in [2.45, 2.75) is 39.3 Å². The van der Waals surface area contributed by atoms with Gasteiger partial charge in [0.1, 0.15) is 11.2 Å². The van der Waals surface area contributed by atoms with E-state index in [1.54, 1.807) is 11.3 Å². The van der Waals surface area contributed by atoms with Crippen molar-refractivity contribution >= 4 is 45.4 Å². The predicted molar refractivity (Wildman–Crippen MR) is 109 cm³/mol. The van der Waals surface area contributed by atoms with Crippen LogP contribution in [0.3, 0.4) is 0 Å². The molecule has 1 aliphatic carbocycles. The molecular weight excluding hydrogens is 407 g/mol. The SMILES string of the molecule is CCOc1cc(Cl)c(Cl)c([C@@H]2NC(=O)c3c(sc4c3CC[C@@H](C)C4)N2)c1O. The van der Waals surface area contributed by atoms with Crippen LogP contribution in [0.4, 0.5) is 5.00 Å². The summed E-state index contributed by atoms with van der Waals surface area (Å²) >= 11 is 14.2. The first-order valence-corrected chi connectivity index (χ1v) is 10.5. The van der Waals surface area contributed by atoms with Crippen molar-refractivity contribution in [1.82, 2.24) is 5.32 Å². The van der Waals surface area contributed by atoms with Gasteiger partial charge in [-0.05, 0) is 37.7 Å². The van der Waals surface area contributed by atoms with Gasteiger partial charge in [0.25, 0.3) is 5.91 Å². The molecule has 2 aromatic rings. The van der Waals surface area contributed by atoms with Crippen molar-refractivity contribution in [3.05, 3.63) is 37.7 Å². The van der Waals surface area contributed by atoms with Gasteiger partial charge < -0.3 is 20.5 Å². The fraction of sp³-hybridized carbons (Fsp3) is 0.421. The minimum atomic E-state index is -0.687. The smallest absolute Gasteiger partial charge is 0.256 e. The minimum absolute atomic E-state index is 0.123. The van der Waals surface area contributed by atoms with Crippen LogP contribution in [0.5, 0.6) is 11.5 Å². The maximum Gasteiger partial charge on any atom is 0.256 e. The molecule has 27 heavy (non-hydrogen) atoms. The van der Waals surface area contributed by atoms with Gasteiger partial charge in [-0.15, -0.1) is 11.3 Å². The predicted octanol–water partition coefficient (Wildman–Crippen LogP) is 5.14. The maximum atomic E-state index is 12.9. The molecule has 8 heteroatoms. The quantitative estimate of drug-likeness (QED) is 0.635. The summed E-state index contributed by atoms with van der Waals surface area (Å²) < 4.78 is 5.45. The molecule has 5 nitrogen and oxygen atoms in total. The summed E-state index contributed by atoms with van der Waals surface area (Å²) in [6.07, 6.45) is 2.31. The van der Waals surface area contributed by atoms with Crippen LogP contribution >= 0.6 is 34.5 Å². The summed E-state index contributed by atoms with van der Waals surface area (Å²) in [5, 5.41) is 18.2. The number of aromatic hydroxyl groups is 1. The van der Waals surface area contributed by atoms with E-state index in [0.717, 1.165) is 35.4 Å². The molecule has 0 saturated heterocycles. The van der Waals surface area contributed by atoms with E-state index < -0.39 is 6.17 Å². The lowest BCUT2D eigenvalue weighted by Gasteiger charge is -2.28. The number of nitrogens with one attached hydrogen (secondary N) is 2. The van der Waals surface area contributed by atoms with E-state index in [1.807, 2.05) is 6.92 Å². The second-order valence-corrected chi connectivity index (χ2v) is 8.86. The topological polar surface area (TPSA) is 70.6 Å². The van der Waals surface area contributed by atoms with Crippen LogP contribution in [0, 0.1) is 5.92 Å². The molecule has 2 atom stereocenters. The molecule has 1 aromatic carbocycles.